The van der Waals surface area contributed by atoms with Crippen molar-refractivity contribution in [3.05, 3.63) is 48.0 Å². The Morgan fingerprint density at radius 3 is 2.81 bits per heavy atom. The van der Waals surface area contributed by atoms with Gasteiger partial charge in [-0.25, -0.2) is 4.98 Å². The van der Waals surface area contributed by atoms with Crippen molar-refractivity contribution >= 4 is 5.91 Å². The Morgan fingerprint density at radius 1 is 1.30 bits per heavy atom. The molecule has 1 fully saturated rings. The van der Waals surface area contributed by atoms with Crippen LogP contribution in [-0.4, -0.2) is 28.1 Å². The number of hydrogen-bond acceptors (Lipinski definition) is 3. The topological polar surface area (TPSA) is 56.1 Å². The fraction of sp³-hybridized carbons (Fsp3) is 0.545. The Labute approximate surface area is 161 Å². The zero-order valence-corrected chi connectivity index (χ0v) is 16.1. The summed E-state index contributed by atoms with van der Waals surface area (Å²) in [6.45, 7) is 3.62. The van der Waals surface area contributed by atoms with Gasteiger partial charge in [-0.2, -0.15) is 0 Å². The van der Waals surface area contributed by atoms with Gasteiger partial charge in [-0.15, -0.1) is 0 Å². The van der Waals surface area contributed by atoms with Crippen molar-refractivity contribution in [1.82, 2.24) is 14.9 Å². The molecule has 1 atom stereocenters. The molecular formula is C22H29N3O2. The van der Waals surface area contributed by atoms with E-state index in [0.29, 0.717) is 13.0 Å². The molecular weight excluding hydrogens is 338 g/mol. The van der Waals surface area contributed by atoms with Gasteiger partial charge in [-0.1, -0.05) is 13.0 Å². The highest BCUT2D eigenvalue weighted by atomic mass is 16.5. The number of hydrogen-bond donors (Lipinski definition) is 1. The standard InChI is InChI=1S/C22H29N3O2/c1-2-20(27-19-8-7-17-5-3-4-6-18(17)13-19)21(26)24-14-22(9-10-22)15-25-12-11-23-16-25/h7-8,11-13,16,20H,2-6,9-10,14-15H2,1H3,(H,24,26)/t20-/m0/s1. The van der Waals surface area contributed by atoms with Gasteiger partial charge in [-0.3, -0.25) is 4.79 Å². The maximum atomic E-state index is 12.7. The van der Waals surface area contributed by atoms with Crippen LogP contribution in [0.1, 0.15) is 50.2 Å². The van der Waals surface area contributed by atoms with E-state index < -0.39 is 6.10 Å². The first kappa shape index (κ1) is 18.1. The van der Waals surface area contributed by atoms with Crippen LogP contribution in [0.2, 0.25) is 0 Å². The molecule has 1 heterocycles. The van der Waals surface area contributed by atoms with Crippen molar-refractivity contribution < 1.29 is 9.53 Å². The number of aryl methyl sites for hydroxylation is 2. The van der Waals surface area contributed by atoms with Gasteiger partial charge in [0, 0.05) is 30.9 Å². The zero-order valence-electron chi connectivity index (χ0n) is 16.1. The largest absolute Gasteiger partial charge is 0.481 e. The lowest BCUT2D eigenvalue weighted by atomic mass is 9.92. The fourth-order valence-corrected chi connectivity index (χ4v) is 3.99. The van der Waals surface area contributed by atoms with Gasteiger partial charge in [0.15, 0.2) is 6.10 Å². The van der Waals surface area contributed by atoms with E-state index in [2.05, 4.69) is 27.0 Å². The molecule has 1 N–H and O–H groups in total. The SMILES string of the molecule is CC[C@H](Oc1ccc2c(c1)CCCC2)C(=O)NCC1(Cn2ccnc2)CC1. The fourth-order valence-electron chi connectivity index (χ4n) is 3.99. The Kier molecular flexibility index (Phi) is 5.19. The zero-order chi connectivity index (χ0) is 18.7. The minimum atomic E-state index is -0.435. The van der Waals surface area contributed by atoms with E-state index in [4.69, 9.17) is 4.74 Å². The molecule has 1 aromatic carbocycles. The van der Waals surface area contributed by atoms with E-state index in [1.165, 1.54) is 24.0 Å². The van der Waals surface area contributed by atoms with Crippen molar-refractivity contribution in [2.75, 3.05) is 6.54 Å². The predicted molar refractivity (Wildman–Crippen MR) is 105 cm³/mol. The average molecular weight is 367 g/mol. The first-order valence-electron chi connectivity index (χ1n) is 10.2. The normalized spacial score (nSPS) is 18.4. The molecule has 0 saturated heterocycles. The monoisotopic (exact) mass is 367 g/mol. The van der Waals surface area contributed by atoms with Gasteiger partial charge in [0.25, 0.3) is 5.91 Å². The Bertz CT molecular complexity index is 781. The van der Waals surface area contributed by atoms with E-state index in [0.717, 1.165) is 38.0 Å². The number of fused-ring (bicyclic) bond motifs is 1. The maximum absolute atomic E-state index is 12.7. The molecule has 1 saturated carbocycles. The summed E-state index contributed by atoms with van der Waals surface area (Å²) < 4.78 is 8.15. The van der Waals surface area contributed by atoms with Gasteiger partial charge in [-0.05, 0) is 68.2 Å². The molecule has 1 amide bonds. The van der Waals surface area contributed by atoms with Crippen molar-refractivity contribution in [3.8, 4) is 5.75 Å². The average Bonchev–Trinajstić information content (AvgIpc) is 3.27. The Hall–Kier alpha value is -2.30. The highest BCUT2D eigenvalue weighted by molar-refractivity contribution is 5.81. The number of aromatic nitrogens is 2. The molecule has 5 nitrogen and oxygen atoms in total. The van der Waals surface area contributed by atoms with Crippen LogP contribution in [0.15, 0.2) is 36.9 Å². The number of imidazole rings is 1. The van der Waals surface area contributed by atoms with E-state index in [1.54, 1.807) is 6.20 Å². The van der Waals surface area contributed by atoms with Crippen molar-refractivity contribution in [3.63, 3.8) is 0 Å². The van der Waals surface area contributed by atoms with Crippen molar-refractivity contribution in [2.45, 2.75) is 64.5 Å². The van der Waals surface area contributed by atoms with E-state index in [1.807, 2.05) is 25.5 Å². The van der Waals surface area contributed by atoms with Crippen LogP contribution < -0.4 is 10.1 Å². The van der Waals surface area contributed by atoms with E-state index >= 15 is 0 Å². The summed E-state index contributed by atoms with van der Waals surface area (Å²) in [5.41, 5.74) is 2.99. The molecule has 0 aliphatic heterocycles. The van der Waals surface area contributed by atoms with E-state index in [9.17, 15) is 4.79 Å². The summed E-state index contributed by atoms with van der Waals surface area (Å²) in [5, 5.41) is 3.13. The predicted octanol–water partition coefficient (Wildman–Crippen LogP) is 3.52. The first-order chi connectivity index (χ1) is 13.2. The quantitative estimate of drug-likeness (QED) is 0.777. The summed E-state index contributed by atoms with van der Waals surface area (Å²) in [6.07, 6.45) is 12.9. The molecule has 0 bridgehead atoms. The summed E-state index contributed by atoms with van der Waals surface area (Å²) in [7, 11) is 0. The van der Waals surface area contributed by atoms with E-state index in [-0.39, 0.29) is 11.3 Å². The molecule has 5 heteroatoms. The molecule has 4 rings (SSSR count). The number of carbonyl (C=O) groups excluding carboxylic acids is 1. The van der Waals surface area contributed by atoms with Gasteiger partial charge in [0.05, 0.1) is 6.33 Å². The van der Waals surface area contributed by atoms with Crippen molar-refractivity contribution in [2.24, 2.45) is 5.41 Å². The lowest BCUT2D eigenvalue weighted by Gasteiger charge is -2.22. The lowest BCUT2D eigenvalue weighted by Crippen LogP contribution is -2.41. The van der Waals surface area contributed by atoms with Crippen LogP contribution in [0.25, 0.3) is 0 Å². The number of benzene rings is 1. The molecule has 1 aromatic heterocycles. The number of carbonyl (C=O) groups is 1. The number of nitrogens with zero attached hydrogens (tertiary/aromatic N) is 2. The summed E-state index contributed by atoms with van der Waals surface area (Å²) in [4.78, 5) is 16.8. The van der Waals surface area contributed by atoms with Crippen LogP contribution in [0, 0.1) is 5.41 Å². The maximum Gasteiger partial charge on any atom is 0.261 e. The minimum Gasteiger partial charge on any atom is -0.481 e. The minimum absolute atomic E-state index is 0.00729. The highest BCUT2D eigenvalue weighted by Gasteiger charge is 2.43. The second-order valence-corrected chi connectivity index (χ2v) is 8.11. The Morgan fingerprint density at radius 2 is 2.11 bits per heavy atom. The van der Waals surface area contributed by atoms with Gasteiger partial charge in [0.2, 0.25) is 0 Å². The summed E-state index contributed by atoms with van der Waals surface area (Å²) >= 11 is 0. The first-order valence-corrected chi connectivity index (χ1v) is 10.2. The van der Waals surface area contributed by atoms with Crippen LogP contribution in [0.3, 0.4) is 0 Å². The number of rotatable bonds is 8. The molecule has 0 unspecified atom stereocenters. The van der Waals surface area contributed by atoms with Crippen LogP contribution in [-0.2, 0) is 24.2 Å². The smallest absolute Gasteiger partial charge is 0.261 e. The van der Waals surface area contributed by atoms with Crippen molar-refractivity contribution in [1.29, 1.82) is 0 Å². The third-order valence-corrected chi connectivity index (χ3v) is 5.93. The van der Waals surface area contributed by atoms with Crippen LogP contribution in [0.5, 0.6) is 5.75 Å². The third kappa shape index (κ3) is 4.34. The summed E-state index contributed by atoms with van der Waals surface area (Å²) in [5.74, 6) is 0.810. The number of amides is 1. The molecule has 144 valence electrons. The summed E-state index contributed by atoms with van der Waals surface area (Å²) in [6, 6.07) is 6.31. The lowest BCUT2D eigenvalue weighted by molar-refractivity contribution is -0.128. The second-order valence-electron chi connectivity index (χ2n) is 8.11. The Balaban J connectivity index is 1.33. The molecule has 2 aliphatic carbocycles. The van der Waals surface area contributed by atoms with Gasteiger partial charge >= 0.3 is 0 Å². The molecule has 2 aromatic rings. The molecule has 2 aliphatic rings. The molecule has 0 spiro atoms. The van der Waals surface area contributed by atoms with Crippen LogP contribution in [0.4, 0.5) is 0 Å². The highest BCUT2D eigenvalue weighted by Crippen LogP contribution is 2.46. The number of nitrogens with one attached hydrogen (secondary N) is 1. The molecule has 27 heavy (non-hydrogen) atoms. The second kappa shape index (κ2) is 7.75. The number of ether oxygens (including phenoxy) is 1. The van der Waals surface area contributed by atoms with Crippen LogP contribution >= 0.6 is 0 Å². The third-order valence-electron chi connectivity index (χ3n) is 5.93. The van der Waals surface area contributed by atoms with Gasteiger partial charge < -0.3 is 14.6 Å². The van der Waals surface area contributed by atoms with Gasteiger partial charge in [0.1, 0.15) is 5.75 Å². The molecule has 0 radical (unpaired) electrons.